The number of benzene rings is 2. The van der Waals surface area contributed by atoms with Crippen LogP contribution in [0.5, 0.6) is 0 Å². The van der Waals surface area contributed by atoms with Crippen molar-refractivity contribution in [1.29, 1.82) is 0 Å². The highest BCUT2D eigenvalue weighted by atomic mass is 32.2. The number of rotatable bonds is 7. The topological polar surface area (TPSA) is 66.5 Å². The van der Waals surface area contributed by atoms with Crippen LogP contribution in [0.2, 0.25) is 0 Å². The molecule has 5 nitrogen and oxygen atoms in total. The number of carbonyl (C=O) groups excluding carboxylic acids is 1. The summed E-state index contributed by atoms with van der Waals surface area (Å²) < 4.78 is 26.7. The Morgan fingerprint density at radius 2 is 1.71 bits per heavy atom. The molecule has 1 amide bonds. The Balaban J connectivity index is 1.78. The molecule has 2 atom stereocenters. The van der Waals surface area contributed by atoms with Gasteiger partial charge in [0.05, 0.1) is 5.75 Å². The molecule has 2 aromatic carbocycles. The molecule has 150 valence electrons. The van der Waals surface area contributed by atoms with E-state index < -0.39 is 16.1 Å². The Hall–Kier alpha value is -2.18. The maximum Gasteiger partial charge on any atom is 0.238 e. The third-order valence-corrected chi connectivity index (χ3v) is 7.34. The zero-order valence-corrected chi connectivity index (χ0v) is 17.3. The first-order chi connectivity index (χ1) is 13.5. The van der Waals surface area contributed by atoms with E-state index in [4.69, 9.17) is 0 Å². The van der Waals surface area contributed by atoms with Gasteiger partial charge in [-0.15, -0.1) is 0 Å². The summed E-state index contributed by atoms with van der Waals surface area (Å²) in [6.07, 6.45) is 1.30. The van der Waals surface area contributed by atoms with Gasteiger partial charge < -0.3 is 5.32 Å². The molecule has 1 aliphatic rings. The minimum Gasteiger partial charge on any atom is -0.354 e. The molecule has 2 aromatic rings. The smallest absolute Gasteiger partial charge is 0.238 e. The van der Waals surface area contributed by atoms with Gasteiger partial charge in [-0.05, 0) is 36.5 Å². The first-order valence-corrected chi connectivity index (χ1v) is 11.5. The fourth-order valence-corrected chi connectivity index (χ4v) is 4.97. The predicted molar refractivity (Wildman–Crippen MR) is 111 cm³/mol. The van der Waals surface area contributed by atoms with Gasteiger partial charge in [-0.2, -0.15) is 4.31 Å². The highest BCUT2D eigenvalue weighted by molar-refractivity contribution is 7.89. The summed E-state index contributed by atoms with van der Waals surface area (Å²) in [5.74, 6) is -0.0289. The van der Waals surface area contributed by atoms with Gasteiger partial charge in [0.2, 0.25) is 15.9 Å². The second-order valence-electron chi connectivity index (χ2n) is 7.20. The van der Waals surface area contributed by atoms with Gasteiger partial charge in [0.25, 0.3) is 0 Å². The fraction of sp³-hybridized carbons (Fsp3) is 0.409. The number of sulfonamides is 1. The van der Waals surface area contributed by atoms with E-state index in [0.29, 0.717) is 13.0 Å². The first kappa shape index (κ1) is 20.6. The maximum atomic E-state index is 13.0. The van der Waals surface area contributed by atoms with E-state index in [9.17, 15) is 13.2 Å². The summed E-state index contributed by atoms with van der Waals surface area (Å²) >= 11 is 0. The van der Waals surface area contributed by atoms with E-state index in [1.54, 1.807) is 6.92 Å². The monoisotopic (exact) mass is 400 g/mol. The predicted octanol–water partition coefficient (Wildman–Crippen LogP) is 3.07. The second-order valence-corrected chi connectivity index (χ2v) is 9.41. The number of hydrogen-bond acceptors (Lipinski definition) is 3. The molecule has 0 saturated carbocycles. The highest BCUT2D eigenvalue weighted by Gasteiger charge is 2.37. The fourth-order valence-electron chi connectivity index (χ4n) is 3.75. The molecular formula is C22H28N2O3S. The molecule has 1 aliphatic heterocycles. The van der Waals surface area contributed by atoms with Crippen LogP contribution in [0.1, 0.15) is 42.9 Å². The maximum absolute atomic E-state index is 13.0. The minimum atomic E-state index is -3.48. The summed E-state index contributed by atoms with van der Waals surface area (Å²) in [5, 5.41) is 3.01. The van der Waals surface area contributed by atoms with Crippen molar-refractivity contribution in [2.75, 3.05) is 12.3 Å². The summed E-state index contributed by atoms with van der Waals surface area (Å²) in [4.78, 5) is 13.0. The van der Waals surface area contributed by atoms with Crippen LogP contribution in [0.15, 0.2) is 54.6 Å². The number of amides is 1. The Kier molecular flexibility index (Phi) is 6.52. The van der Waals surface area contributed by atoms with Gasteiger partial charge in [-0.25, -0.2) is 8.42 Å². The molecule has 0 bridgehead atoms. The third-order valence-electron chi connectivity index (χ3n) is 5.52. The average molecular weight is 401 g/mol. The molecular weight excluding hydrogens is 372 g/mol. The molecule has 1 heterocycles. The Labute approximate surface area is 167 Å². The van der Waals surface area contributed by atoms with Crippen LogP contribution in [-0.2, 0) is 27.8 Å². The first-order valence-electron chi connectivity index (χ1n) is 9.85. The standard InChI is InChI=1S/C22H28N2O3S/c1-3-17(18-10-6-5-7-11-18)15-23-22(25)21-14-19-12-8-9-13-20(19)16-24(21)28(26,27)4-2/h5-13,17,21H,3-4,14-16H2,1-2H3,(H,23,25)/t17-,21+/m0/s1. The van der Waals surface area contributed by atoms with Crippen molar-refractivity contribution in [3.8, 4) is 0 Å². The Morgan fingerprint density at radius 3 is 2.36 bits per heavy atom. The largest absolute Gasteiger partial charge is 0.354 e. The van der Waals surface area contributed by atoms with Crippen molar-refractivity contribution in [3.05, 3.63) is 71.3 Å². The lowest BCUT2D eigenvalue weighted by atomic mass is 9.94. The van der Waals surface area contributed by atoms with Crippen LogP contribution in [0.4, 0.5) is 0 Å². The minimum absolute atomic E-state index is 0.0133. The Morgan fingerprint density at radius 1 is 1.07 bits per heavy atom. The molecule has 0 aromatic heterocycles. The molecule has 0 saturated heterocycles. The molecule has 28 heavy (non-hydrogen) atoms. The molecule has 6 heteroatoms. The zero-order valence-electron chi connectivity index (χ0n) is 16.5. The van der Waals surface area contributed by atoms with Crippen molar-refractivity contribution >= 4 is 15.9 Å². The second kappa shape index (κ2) is 8.88. The van der Waals surface area contributed by atoms with E-state index in [1.165, 1.54) is 9.87 Å². The normalized spacial score (nSPS) is 18.3. The number of carbonyl (C=O) groups is 1. The van der Waals surface area contributed by atoms with E-state index in [-0.39, 0.29) is 24.1 Å². The number of nitrogens with one attached hydrogen (secondary N) is 1. The molecule has 0 fully saturated rings. The van der Waals surface area contributed by atoms with Crippen LogP contribution in [0, 0.1) is 0 Å². The van der Waals surface area contributed by atoms with Gasteiger partial charge in [0.15, 0.2) is 0 Å². The molecule has 1 N–H and O–H groups in total. The van der Waals surface area contributed by atoms with Gasteiger partial charge >= 0.3 is 0 Å². The SMILES string of the molecule is CC[C@@H](CNC(=O)[C@H]1Cc2ccccc2CN1S(=O)(=O)CC)c1ccccc1. The van der Waals surface area contributed by atoms with Crippen molar-refractivity contribution in [1.82, 2.24) is 9.62 Å². The van der Waals surface area contributed by atoms with E-state index in [1.807, 2.05) is 42.5 Å². The summed E-state index contributed by atoms with van der Waals surface area (Å²) in [6.45, 7) is 4.46. The van der Waals surface area contributed by atoms with E-state index in [2.05, 4.69) is 24.4 Å². The lowest BCUT2D eigenvalue weighted by Gasteiger charge is -2.35. The molecule has 0 spiro atoms. The van der Waals surface area contributed by atoms with E-state index >= 15 is 0 Å². The molecule has 0 unspecified atom stereocenters. The summed E-state index contributed by atoms with van der Waals surface area (Å²) in [7, 11) is -3.48. The van der Waals surface area contributed by atoms with Gasteiger partial charge in [-0.1, -0.05) is 61.5 Å². The zero-order chi connectivity index (χ0) is 20.1. The van der Waals surface area contributed by atoms with Crippen molar-refractivity contribution in [3.63, 3.8) is 0 Å². The highest BCUT2D eigenvalue weighted by Crippen LogP contribution is 2.26. The van der Waals surface area contributed by atoms with Crippen molar-refractivity contribution in [2.24, 2.45) is 0 Å². The lowest BCUT2D eigenvalue weighted by molar-refractivity contribution is -0.125. The van der Waals surface area contributed by atoms with Crippen LogP contribution in [-0.4, -0.2) is 37.0 Å². The van der Waals surface area contributed by atoms with Crippen LogP contribution in [0.25, 0.3) is 0 Å². The quantitative estimate of drug-likeness (QED) is 0.777. The van der Waals surface area contributed by atoms with Gasteiger partial charge in [-0.3, -0.25) is 4.79 Å². The summed E-state index contributed by atoms with van der Waals surface area (Å²) in [6, 6.07) is 17.1. The average Bonchev–Trinajstić information content (AvgIpc) is 2.73. The van der Waals surface area contributed by atoms with Crippen molar-refractivity contribution < 1.29 is 13.2 Å². The van der Waals surface area contributed by atoms with Gasteiger partial charge in [0.1, 0.15) is 6.04 Å². The molecule has 0 aliphatic carbocycles. The third kappa shape index (κ3) is 4.45. The van der Waals surface area contributed by atoms with Crippen LogP contribution < -0.4 is 5.32 Å². The Bertz CT molecular complexity index is 912. The number of fused-ring (bicyclic) bond motifs is 1. The van der Waals surface area contributed by atoms with E-state index in [0.717, 1.165) is 17.5 Å². The van der Waals surface area contributed by atoms with Crippen LogP contribution in [0.3, 0.4) is 0 Å². The number of hydrogen-bond donors (Lipinski definition) is 1. The lowest BCUT2D eigenvalue weighted by Crippen LogP contribution is -2.53. The number of nitrogens with zero attached hydrogens (tertiary/aromatic N) is 1. The van der Waals surface area contributed by atoms with Crippen molar-refractivity contribution in [2.45, 2.75) is 45.2 Å². The van der Waals surface area contributed by atoms with Gasteiger partial charge in [0, 0.05) is 19.0 Å². The van der Waals surface area contributed by atoms with Crippen LogP contribution >= 0.6 is 0 Å². The summed E-state index contributed by atoms with van der Waals surface area (Å²) in [5.41, 5.74) is 3.19. The molecule has 3 rings (SSSR count). The molecule has 0 radical (unpaired) electrons.